The van der Waals surface area contributed by atoms with Crippen LogP contribution in [0, 0.1) is 5.82 Å². The van der Waals surface area contributed by atoms with Gasteiger partial charge in [-0.15, -0.1) is 0 Å². The summed E-state index contributed by atoms with van der Waals surface area (Å²) in [6.07, 6.45) is -0.784. The smallest absolute Gasteiger partial charge is 0.123 e. The third-order valence-corrected chi connectivity index (χ3v) is 4.22. The summed E-state index contributed by atoms with van der Waals surface area (Å²) in [5.41, 5.74) is 2.82. The van der Waals surface area contributed by atoms with Crippen LogP contribution in [-0.2, 0) is 6.54 Å². The summed E-state index contributed by atoms with van der Waals surface area (Å²) in [6, 6.07) is 12.1. The van der Waals surface area contributed by atoms with E-state index in [9.17, 15) is 9.50 Å². The normalized spacial score (nSPS) is 19.2. The van der Waals surface area contributed by atoms with Crippen LogP contribution in [0.15, 0.2) is 46.9 Å². The van der Waals surface area contributed by atoms with Gasteiger partial charge in [0.25, 0.3) is 0 Å². The standard InChI is InChI=1S/C15H13BrFNO/c16-13-6-5-10(17)7-12(13)15(19)14-11-4-2-1-3-9(11)8-18-14/h1-7,14-15,18-19H,8H2. The van der Waals surface area contributed by atoms with E-state index in [0.717, 1.165) is 12.1 Å². The van der Waals surface area contributed by atoms with Crippen molar-refractivity contribution in [3.8, 4) is 0 Å². The van der Waals surface area contributed by atoms with Gasteiger partial charge < -0.3 is 10.4 Å². The molecule has 0 bridgehead atoms. The van der Waals surface area contributed by atoms with E-state index in [1.165, 1.54) is 17.7 Å². The van der Waals surface area contributed by atoms with E-state index in [0.29, 0.717) is 10.0 Å². The van der Waals surface area contributed by atoms with Crippen molar-refractivity contribution in [2.24, 2.45) is 0 Å². The van der Waals surface area contributed by atoms with Gasteiger partial charge in [-0.05, 0) is 34.9 Å². The number of halogens is 2. The zero-order valence-corrected chi connectivity index (χ0v) is 11.7. The minimum atomic E-state index is -0.784. The minimum absolute atomic E-state index is 0.200. The topological polar surface area (TPSA) is 32.3 Å². The van der Waals surface area contributed by atoms with Crippen LogP contribution in [0.2, 0.25) is 0 Å². The van der Waals surface area contributed by atoms with Gasteiger partial charge in [0.05, 0.1) is 12.1 Å². The molecule has 2 unspecified atom stereocenters. The quantitative estimate of drug-likeness (QED) is 0.887. The van der Waals surface area contributed by atoms with Crippen molar-refractivity contribution in [1.82, 2.24) is 5.32 Å². The number of nitrogens with one attached hydrogen (secondary N) is 1. The Labute approximate surface area is 119 Å². The summed E-state index contributed by atoms with van der Waals surface area (Å²) in [6.45, 7) is 0.727. The molecule has 1 heterocycles. The summed E-state index contributed by atoms with van der Waals surface area (Å²) in [4.78, 5) is 0. The molecule has 2 N–H and O–H groups in total. The van der Waals surface area contributed by atoms with E-state index in [4.69, 9.17) is 0 Å². The lowest BCUT2D eigenvalue weighted by Gasteiger charge is -2.21. The Morgan fingerprint density at radius 3 is 2.89 bits per heavy atom. The molecule has 3 rings (SSSR count). The van der Waals surface area contributed by atoms with Crippen LogP contribution in [0.3, 0.4) is 0 Å². The number of aliphatic hydroxyl groups is 1. The first kappa shape index (κ1) is 12.8. The average molecular weight is 322 g/mol. The maximum atomic E-state index is 13.3. The van der Waals surface area contributed by atoms with E-state index in [2.05, 4.69) is 21.2 Å². The van der Waals surface area contributed by atoms with E-state index in [1.54, 1.807) is 6.07 Å². The molecule has 2 aromatic carbocycles. The fourth-order valence-electron chi connectivity index (χ4n) is 2.53. The number of benzene rings is 2. The second-order valence-electron chi connectivity index (χ2n) is 4.67. The van der Waals surface area contributed by atoms with Crippen LogP contribution >= 0.6 is 15.9 Å². The first-order valence-corrected chi connectivity index (χ1v) is 6.90. The molecule has 0 aliphatic carbocycles. The zero-order chi connectivity index (χ0) is 13.4. The fourth-order valence-corrected chi connectivity index (χ4v) is 3.01. The van der Waals surface area contributed by atoms with E-state index < -0.39 is 6.10 Å². The molecule has 2 nitrogen and oxygen atoms in total. The lowest BCUT2D eigenvalue weighted by molar-refractivity contribution is 0.132. The van der Waals surface area contributed by atoms with Crippen LogP contribution in [0.1, 0.15) is 28.8 Å². The monoisotopic (exact) mass is 321 g/mol. The summed E-state index contributed by atoms with van der Waals surface area (Å²) in [5.74, 6) is -0.344. The van der Waals surface area contributed by atoms with Crippen molar-refractivity contribution in [3.05, 3.63) is 69.4 Å². The maximum Gasteiger partial charge on any atom is 0.123 e. The molecule has 1 aliphatic heterocycles. The molecule has 1 aliphatic rings. The zero-order valence-electron chi connectivity index (χ0n) is 10.1. The molecule has 98 valence electrons. The van der Waals surface area contributed by atoms with Gasteiger partial charge in [-0.2, -0.15) is 0 Å². The van der Waals surface area contributed by atoms with Gasteiger partial charge in [0.2, 0.25) is 0 Å². The van der Waals surface area contributed by atoms with Crippen LogP contribution in [0.4, 0.5) is 4.39 Å². The Balaban J connectivity index is 1.97. The average Bonchev–Trinajstić information content (AvgIpc) is 2.84. The van der Waals surface area contributed by atoms with Crippen molar-refractivity contribution >= 4 is 15.9 Å². The van der Waals surface area contributed by atoms with Gasteiger partial charge >= 0.3 is 0 Å². The van der Waals surface area contributed by atoms with Gasteiger partial charge in [-0.1, -0.05) is 40.2 Å². The van der Waals surface area contributed by atoms with Gasteiger partial charge in [0, 0.05) is 11.0 Å². The molecule has 0 radical (unpaired) electrons. The van der Waals surface area contributed by atoms with Crippen LogP contribution in [0.25, 0.3) is 0 Å². The molecular formula is C15H13BrFNO. The van der Waals surface area contributed by atoms with E-state index >= 15 is 0 Å². The van der Waals surface area contributed by atoms with Crippen molar-refractivity contribution in [2.75, 3.05) is 0 Å². The summed E-state index contributed by atoms with van der Waals surface area (Å²) < 4.78 is 14.1. The number of fused-ring (bicyclic) bond motifs is 1. The lowest BCUT2D eigenvalue weighted by Crippen LogP contribution is -2.20. The first-order valence-electron chi connectivity index (χ1n) is 6.11. The Morgan fingerprint density at radius 2 is 2.05 bits per heavy atom. The molecular weight excluding hydrogens is 309 g/mol. The third kappa shape index (κ3) is 2.31. The van der Waals surface area contributed by atoms with Gasteiger partial charge in [0.15, 0.2) is 0 Å². The predicted molar refractivity (Wildman–Crippen MR) is 75.1 cm³/mol. The second-order valence-corrected chi connectivity index (χ2v) is 5.52. The highest BCUT2D eigenvalue weighted by Crippen LogP contribution is 2.37. The number of hydrogen-bond donors (Lipinski definition) is 2. The molecule has 0 saturated heterocycles. The van der Waals surface area contributed by atoms with Crippen LogP contribution in [-0.4, -0.2) is 5.11 Å². The molecule has 4 heteroatoms. The molecule has 0 amide bonds. The molecule has 0 spiro atoms. The Hall–Kier alpha value is -1.23. The Morgan fingerprint density at radius 1 is 1.26 bits per heavy atom. The van der Waals surface area contributed by atoms with Crippen molar-refractivity contribution in [3.63, 3.8) is 0 Å². The van der Waals surface area contributed by atoms with Crippen LogP contribution in [0.5, 0.6) is 0 Å². The summed E-state index contributed by atoms with van der Waals surface area (Å²) in [7, 11) is 0. The molecule has 0 fully saturated rings. The van der Waals surface area contributed by atoms with Crippen molar-refractivity contribution in [1.29, 1.82) is 0 Å². The molecule has 0 saturated carbocycles. The SMILES string of the molecule is OC(c1cc(F)ccc1Br)C1NCc2ccccc21. The highest BCUT2D eigenvalue weighted by atomic mass is 79.9. The number of rotatable bonds is 2. The largest absolute Gasteiger partial charge is 0.386 e. The van der Waals surface area contributed by atoms with Gasteiger partial charge in [0.1, 0.15) is 5.82 Å². The second kappa shape index (κ2) is 5.04. The van der Waals surface area contributed by atoms with Crippen molar-refractivity contribution < 1.29 is 9.50 Å². The predicted octanol–water partition coefficient (Wildman–Crippen LogP) is 3.47. The highest BCUT2D eigenvalue weighted by Gasteiger charge is 2.30. The molecule has 2 aromatic rings. The van der Waals surface area contributed by atoms with E-state index in [1.807, 2.05) is 24.3 Å². The summed E-state index contributed by atoms with van der Waals surface area (Å²) in [5, 5.41) is 13.8. The first-order chi connectivity index (χ1) is 9.16. The minimum Gasteiger partial charge on any atom is -0.386 e. The van der Waals surface area contributed by atoms with Gasteiger partial charge in [-0.25, -0.2) is 4.39 Å². The molecule has 0 aromatic heterocycles. The third-order valence-electron chi connectivity index (χ3n) is 3.50. The summed E-state index contributed by atoms with van der Waals surface area (Å²) >= 11 is 3.36. The number of aliphatic hydroxyl groups excluding tert-OH is 1. The van der Waals surface area contributed by atoms with Gasteiger partial charge in [-0.3, -0.25) is 0 Å². The maximum absolute atomic E-state index is 13.3. The lowest BCUT2D eigenvalue weighted by atomic mass is 9.96. The van der Waals surface area contributed by atoms with E-state index in [-0.39, 0.29) is 11.9 Å². The Kier molecular flexibility index (Phi) is 3.39. The number of hydrogen-bond acceptors (Lipinski definition) is 2. The molecule has 2 atom stereocenters. The van der Waals surface area contributed by atoms with Crippen LogP contribution < -0.4 is 5.32 Å². The highest BCUT2D eigenvalue weighted by molar-refractivity contribution is 9.10. The molecule has 19 heavy (non-hydrogen) atoms. The Bertz CT molecular complexity index is 617. The van der Waals surface area contributed by atoms with Crippen molar-refractivity contribution in [2.45, 2.75) is 18.7 Å². The fraction of sp³-hybridized carbons (Fsp3) is 0.200.